The Morgan fingerprint density at radius 3 is 2.88 bits per heavy atom. The van der Waals surface area contributed by atoms with Crippen LogP contribution in [0.2, 0.25) is 0 Å². The van der Waals surface area contributed by atoms with E-state index in [1.54, 1.807) is 0 Å². The van der Waals surface area contributed by atoms with E-state index in [1.807, 2.05) is 18.7 Å². The van der Waals surface area contributed by atoms with E-state index in [1.165, 1.54) is 38.6 Å². The van der Waals surface area contributed by atoms with Gasteiger partial charge in [-0.15, -0.1) is 0 Å². The zero-order chi connectivity index (χ0) is 11.3. The summed E-state index contributed by atoms with van der Waals surface area (Å²) >= 11 is 0. The topological polar surface area (TPSA) is 29.9 Å². The number of aryl methyl sites for hydroxylation is 1. The van der Waals surface area contributed by atoms with Crippen LogP contribution >= 0.6 is 0 Å². The first kappa shape index (κ1) is 11.6. The summed E-state index contributed by atoms with van der Waals surface area (Å²) in [5, 5.41) is 3.61. The van der Waals surface area contributed by atoms with Gasteiger partial charge in [0.1, 0.15) is 0 Å². The fraction of sp³-hybridized carbons (Fsp3) is 0.769. The minimum absolute atomic E-state index is 0.648. The maximum atomic E-state index is 4.04. The minimum Gasteiger partial charge on any atom is -0.337 e. The van der Waals surface area contributed by atoms with E-state index in [4.69, 9.17) is 0 Å². The molecule has 1 aliphatic rings. The molecule has 0 aromatic carbocycles. The highest BCUT2D eigenvalue weighted by atomic mass is 15.0. The molecule has 1 aliphatic carbocycles. The fourth-order valence-electron chi connectivity index (χ4n) is 2.49. The normalized spacial score (nSPS) is 18.3. The molecule has 1 heterocycles. The lowest BCUT2D eigenvalue weighted by Crippen LogP contribution is -2.39. The summed E-state index contributed by atoms with van der Waals surface area (Å²) in [5.74, 6) is 0. The smallest absolute Gasteiger partial charge is 0.0945 e. The van der Waals surface area contributed by atoms with Crippen LogP contribution < -0.4 is 5.32 Å². The Labute approximate surface area is 98.3 Å². The van der Waals surface area contributed by atoms with Gasteiger partial charge in [0, 0.05) is 25.5 Å². The molecule has 2 rings (SSSR count). The molecule has 1 N–H and O–H groups in total. The molecule has 1 fully saturated rings. The Morgan fingerprint density at radius 2 is 2.31 bits per heavy atom. The lowest BCUT2D eigenvalue weighted by atomic mass is 9.67. The number of nitrogens with one attached hydrogen (secondary N) is 1. The first-order chi connectivity index (χ1) is 7.85. The summed E-state index contributed by atoms with van der Waals surface area (Å²) < 4.78 is 2.14. The molecule has 3 heteroatoms. The summed E-state index contributed by atoms with van der Waals surface area (Å²) in [6.45, 7) is 5.74. The maximum absolute atomic E-state index is 4.04. The van der Waals surface area contributed by atoms with Gasteiger partial charge in [0.15, 0.2) is 0 Å². The zero-order valence-corrected chi connectivity index (χ0v) is 10.3. The van der Waals surface area contributed by atoms with Crippen molar-refractivity contribution in [2.45, 2.75) is 45.6 Å². The number of aromatic nitrogens is 2. The predicted molar refractivity (Wildman–Crippen MR) is 66.3 cm³/mol. The Hall–Kier alpha value is -0.830. The minimum atomic E-state index is 0.648. The van der Waals surface area contributed by atoms with Gasteiger partial charge in [-0.1, -0.05) is 13.3 Å². The number of hydrogen-bond acceptors (Lipinski definition) is 2. The lowest BCUT2D eigenvalue weighted by Gasteiger charge is -2.41. The third kappa shape index (κ3) is 2.85. The fourth-order valence-corrected chi connectivity index (χ4v) is 2.49. The van der Waals surface area contributed by atoms with Crippen molar-refractivity contribution >= 4 is 0 Å². The molecular weight excluding hydrogens is 198 g/mol. The maximum Gasteiger partial charge on any atom is 0.0945 e. The molecule has 0 aliphatic heterocycles. The number of imidazole rings is 1. The second-order valence-electron chi connectivity index (χ2n) is 5.04. The van der Waals surface area contributed by atoms with E-state index in [2.05, 4.69) is 21.8 Å². The van der Waals surface area contributed by atoms with Gasteiger partial charge in [0.05, 0.1) is 6.33 Å². The molecule has 0 saturated heterocycles. The van der Waals surface area contributed by atoms with Crippen LogP contribution in [0.15, 0.2) is 18.7 Å². The van der Waals surface area contributed by atoms with Crippen molar-refractivity contribution in [1.82, 2.24) is 14.9 Å². The lowest BCUT2D eigenvalue weighted by molar-refractivity contribution is 0.124. The van der Waals surface area contributed by atoms with Crippen molar-refractivity contribution in [2.75, 3.05) is 13.1 Å². The van der Waals surface area contributed by atoms with Crippen LogP contribution in [-0.4, -0.2) is 22.6 Å². The second-order valence-corrected chi connectivity index (χ2v) is 5.04. The molecular formula is C13H23N3. The van der Waals surface area contributed by atoms with Gasteiger partial charge in [-0.25, -0.2) is 4.98 Å². The van der Waals surface area contributed by atoms with E-state index in [9.17, 15) is 0 Å². The molecule has 0 spiro atoms. The van der Waals surface area contributed by atoms with Gasteiger partial charge >= 0.3 is 0 Å². The highest BCUT2D eigenvalue weighted by Crippen LogP contribution is 2.42. The summed E-state index contributed by atoms with van der Waals surface area (Å²) in [4.78, 5) is 4.04. The van der Waals surface area contributed by atoms with Crippen LogP contribution in [0, 0.1) is 5.41 Å². The zero-order valence-electron chi connectivity index (χ0n) is 10.3. The van der Waals surface area contributed by atoms with Crippen molar-refractivity contribution < 1.29 is 0 Å². The quantitative estimate of drug-likeness (QED) is 0.717. The molecule has 0 radical (unpaired) electrons. The molecule has 1 aromatic rings. The summed E-state index contributed by atoms with van der Waals surface area (Å²) in [5.41, 5.74) is 0.648. The third-order valence-electron chi connectivity index (χ3n) is 3.99. The van der Waals surface area contributed by atoms with Crippen molar-refractivity contribution in [3.8, 4) is 0 Å². The van der Waals surface area contributed by atoms with Crippen molar-refractivity contribution in [2.24, 2.45) is 5.41 Å². The Balaban J connectivity index is 1.55. The van der Waals surface area contributed by atoms with E-state index in [0.29, 0.717) is 5.41 Å². The number of rotatable bonds is 7. The average molecular weight is 221 g/mol. The molecule has 1 aromatic heterocycles. The van der Waals surface area contributed by atoms with Crippen LogP contribution in [0.4, 0.5) is 0 Å². The highest BCUT2D eigenvalue weighted by molar-refractivity contribution is 4.88. The third-order valence-corrected chi connectivity index (χ3v) is 3.99. The predicted octanol–water partition coefficient (Wildman–Crippen LogP) is 2.44. The standard InChI is InChI=1S/C13H23N3/c1-2-13(5-3-6-13)11-14-7-4-9-16-10-8-15-12-16/h8,10,12,14H,2-7,9,11H2,1H3. The van der Waals surface area contributed by atoms with Gasteiger partial charge in [0.2, 0.25) is 0 Å². The number of hydrogen-bond donors (Lipinski definition) is 1. The van der Waals surface area contributed by atoms with Crippen LogP contribution in [0.3, 0.4) is 0 Å². The Kier molecular flexibility index (Phi) is 3.99. The van der Waals surface area contributed by atoms with Crippen LogP contribution in [-0.2, 0) is 6.54 Å². The van der Waals surface area contributed by atoms with Crippen LogP contribution in [0.5, 0.6) is 0 Å². The van der Waals surface area contributed by atoms with Crippen molar-refractivity contribution in [1.29, 1.82) is 0 Å². The van der Waals surface area contributed by atoms with E-state index < -0.39 is 0 Å². The van der Waals surface area contributed by atoms with Crippen LogP contribution in [0.25, 0.3) is 0 Å². The summed E-state index contributed by atoms with van der Waals surface area (Å²) in [6, 6.07) is 0. The van der Waals surface area contributed by atoms with Gasteiger partial charge in [-0.3, -0.25) is 0 Å². The Bertz CT molecular complexity index is 283. The first-order valence-electron chi connectivity index (χ1n) is 6.51. The monoisotopic (exact) mass is 221 g/mol. The molecule has 1 saturated carbocycles. The van der Waals surface area contributed by atoms with E-state index in [0.717, 1.165) is 13.1 Å². The molecule has 0 atom stereocenters. The number of nitrogens with zero attached hydrogens (tertiary/aromatic N) is 2. The Morgan fingerprint density at radius 1 is 1.44 bits per heavy atom. The largest absolute Gasteiger partial charge is 0.337 e. The van der Waals surface area contributed by atoms with Gasteiger partial charge in [-0.2, -0.15) is 0 Å². The molecule has 0 unspecified atom stereocenters. The van der Waals surface area contributed by atoms with E-state index in [-0.39, 0.29) is 0 Å². The van der Waals surface area contributed by atoms with Gasteiger partial charge in [-0.05, 0) is 37.6 Å². The molecule has 0 amide bonds. The molecule has 3 nitrogen and oxygen atoms in total. The summed E-state index contributed by atoms with van der Waals surface area (Å²) in [7, 11) is 0. The molecule has 0 bridgehead atoms. The second kappa shape index (κ2) is 5.48. The molecule has 90 valence electrons. The van der Waals surface area contributed by atoms with Crippen LogP contribution in [0.1, 0.15) is 39.0 Å². The van der Waals surface area contributed by atoms with Gasteiger partial charge < -0.3 is 9.88 Å². The van der Waals surface area contributed by atoms with Crippen molar-refractivity contribution in [3.05, 3.63) is 18.7 Å². The highest BCUT2D eigenvalue weighted by Gasteiger charge is 2.34. The molecule has 16 heavy (non-hydrogen) atoms. The van der Waals surface area contributed by atoms with E-state index >= 15 is 0 Å². The van der Waals surface area contributed by atoms with Gasteiger partial charge in [0.25, 0.3) is 0 Å². The first-order valence-corrected chi connectivity index (χ1v) is 6.51. The average Bonchev–Trinajstić information content (AvgIpc) is 2.74. The summed E-state index contributed by atoms with van der Waals surface area (Å²) in [6.07, 6.45) is 12.6. The van der Waals surface area contributed by atoms with Crippen molar-refractivity contribution in [3.63, 3.8) is 0 Å². The SMILES string of the molecule is CCC1(CNCCCn2ccnc2)CCC1.